The van der Waals surface area contributed by atoms with Crippen LogP contribution in [0.15, 0.2) is 22.7 Å². The summed E-state index contributed by atoms with van der Waals surface area (Å²) in [4.78, 5) is 11.6. The van der Waals surface area contributed by atoms with Gasteiger partial charge in [0.25, 0.3) is 11.8 Å². The first kappa shape index (κ1) is 17.3. The highest BCUT2D eigenvalue weighted by Gasteiger charge is 2.27. The van der Waals surface area contributed by atoms with Crippen LogP contribution in [0.5, 0.6) is 0 Å². The predicted octanol–water partition coefficient (Wildman–Crippen LogP) is 2.50. The summed E-state index contributed by atoms with van der Waals surface area (Å²) in [5.41, 5.74) is 6.16. The van der Waals surface area contributed by atoms with E-state index < -0.39 is 24.9 Å². The van der Waals surface area contributed by atoms with Gasteiger partial charge in [-0.3, -0.25) is 4.79 Å². The first-order valence-corrected chi connectivity index (χ1v) is 5.77. The van der Waals surface area contributed by atoms with Gasteiger partial charge in [0, 0.05) is 10.0 Å². The van der Waals surface area contributed by atoms with Gasteiger partial charge in [-0.1, -0.05) is 22.0 Å². The number of benzene rings is 1. The van der Waals surface area contributed by atoms with Gasteiger partial charge in [0.2, 0.25) is 0 Å². The first-order chi connectivity index (χ1) is 7.85. The number of nitrogens with two attached hydrogens (primary N) is 1. The molecule has 0 saturated heterocycles. The Hall–Kier alpha value is -0.720. The Morgan fingerprint density at radius 2 is 2.11 bits per heavy atom. The van der Waals surface area contributed by atoms with E-state index in [2.05, 4.69) is 21.2 Å². The van der Waals surface area contributed by atoms with Crippen molar-refractivity contribution in [2.45, 2.75) is 12.8 Å². The number of hydrogen-bond donors (Lipinski definition) is 2. The molecule has 0 bridgehead atoms. The van der Waals surface area contributed by atoms with Crippen molar-refractivity contribution in [1.29, 1.82) is 0 Å². The Morgan fingerprint density at radius 1 is 1.50 bits per heavy atom. The predicted molar refractivity (Wildman–Crippen MR) is 72.5 cm³/mol. The standard InChI is InChI=1S/C11H13BrF2N2O.ClH/c1-7-2-3-8(4-9(7)12)10(17)16-6-11(13,14)5-15;/h2-4H,5-6,15H2,1H3,(H,16,17);1H. The van der Waals surface area contributed by atoms with Crippen LogP contribution in [-0.4, -0.2) is 24.9 Å². The number of aryl methyl sites for hydroxylation is 1. The maximum Gasteiger partial charge on any atom is 0.277 e. The Morgan fingerprint density at radius 3 is 2.61 bits per heavy atom. The molecule has 7 heteroatoms. The summed E-state index contributed by atoms with van der Waals surface area (Å²) < 4.78 is 26.4. The number of amides is 1. The topological polar surface area (TPSA) is 55.1 Å². The van der Waals surface area contributed by atoms with Crippen molar-refractivity contribution < 1.29 is 13.6 Å². The third-order valence-electron chi connectivity index (χ3n) is 2.24. The van der Waals surface area contributed by atoms with E-state index in [4.69, 9.17) is 5.73 Å². The van der Waals surface area contributed by atoms with Crippen LogP contribution in [0.4, 0.5) is 8.78 Å². The average molecular weight is 344 g/mol. The molecule has 0 aliphatic carbocycles. The number of nitrogens with one attached hydrogen (secondary N) is 1. The van der Waals surface area contributed by atoms with Gasteiger partial charge in [-0.05, 0) is 24.6 Å². The van der Waals surface area contributed by atoms with Crippen molar-refractivity contribution in [3.05, 3.63) is 33.8 Å². The minimum atomic E-state index is -3.07. The third kappa shape index (κ3) is 4.88. The molecular formula is C11H14BrClF2N2O. The number of carbonyl (C=O) groups excluding carboxylic acids is 1. The van der Waals surface area contributed by atoms with Gasteiger partial charge in [0.05, 0.1) is 13.1 Å². The van der Waals surface area contributed by atoms with Gasteiger partial charge < -0.3 is 11.1 Å². The molecule has 0 aliphatic heterocycles. The van der Waals surface area contributed by atoms with E-state index in [0.717, 1.165) is 10.0 Å². The van der Waals surface area contributed by atoms with Gasteiger partial charge in [0.1, 0.15) is 0 Å². The lowest BCUT2D eigenvalue weighted by atomic mass is 10.1. The van der Waals surface area contributed by atoms with Crippen LogP contribution in [0.25, 0.3) is 0 Å². The molecule has 102 valence electrons. The quantitative estimate of drug-likeness (QED) is 0.882. The number of rotatable bonds is 4. The molecule has 0 aromatic heterocycles. The van der Waals surface area contributed by atoms with E-state index >= 15 is 0 Å². The highest BCUT2D eigenvalue weighted by Crippen LogP contribution is 2.17. The van der Waals surface area contributed by atoms with Crippen LogP contribution in [0, 0.1) is 6.92 Å². The van der Waals surface area contributed by atoms with Crippen LogP contribution in [-0.2, 0) is 0 Å². The summed E-state index contributed by atoms with van der Waals surface area (Å²) >= 11 is 3.27. The Balaban J connectivity index is 0.00000289. The van der Waals surface area contributed by atoms with Crippen molar-refractivity contribution in [3.8, 4) is 0 Å². The molecule has 0 unspecified atom stereocenters. The second-order valence-corrected chi connectivity index (χ2v) is 4.56. The molecule has 3 N–H and O–H groups in total. The van der Waals surface area contributed by atoms with Gasteiger partial charge in [-0.15, -0.1) is 12.4 Å². The number of halogens is 4. The third-order valence-corrected chi connectivity index (χ3v) is 3.09. The Bertz CT molecular complexity index is 430. The maximum atomic E-state index is 12.8. The zero-order chi connectivity index (χ0) is 13.1. The monoisotopic (exact) mass is 342 g/mol. The number of carbonyl (C=O) groups is 1. The van der Waals surface area contributed by atoms with Crippen LogP contribution in [0.2, 0.25) is 0 Å². The molecule has 1 rings (SSSR count). The number of alkyl halides is 2. The highest BCUT2D eigenvalue weighted by atomic mass is 79.9. The normalized spacial score (nSPS) is 10.7. The molecule has 0 atom stereocenters. The van der Waals surface area contributed by atoms with E-state index in [1.165, 1.54) is 0 Å². The number of hydrogen-bond acceptors (Lipinski definition) is 2. The van der Waals surface area contributed by atoms with E-state index in [9.17, 15) is 13.6 Å². The second-order valence-electron chi connectivity index (χ2n) is 3.71. The molecule has 1 aromatic rings. The SMILES string of the molecule is Cc1ccc(C(=O)NCC(F)(F)CN)cc1Br.Cl. The van der Waals surface area contributed by atoms with E-state index in [1.54, 1.807) is 18.2 Å². The molecule has 1 amide bonds. The minimum Gasteiger partial charge on any atom is -0.346 e. The summed E-state index contributed by atoms with van der Waals surface area (Å²) in [6, 6.07) is 4.90. The minimum absolute atomic E-state index is 0. The van der Waals surface area contributed by atoms with Gasteiger partial charge in [-0.2, -0.15) is 0 Å². The fourth-order valence-electron chi connectivity index (χ4n) is 1.12. The summed E-state index contributed by atoms with van der Waals surface area (Å²) in [6.45, 7) is 0.326. The second kappa shape index (κ2) is 7.01. The van der Waals surface area contributed by atoms with E-state index in [0.29, 0.717) is 5.56 Å². The van der Waals surface area contributed by atoms with Crippen molar-refractivity contribution in [2.75, 3.05) is 13.1 Å². The first-order valence-electron chi connectivity index (χ1n) is 4.98. The lowest BCUT2D eigenvalue weighted by Crippen LogP contribution is -2.41. The molecule has 3 nitrogen and oxygen atoms in total. The Kier molecular flexibility index (Phi) is 6.73. The molecule has 0 saturated carbocycles. The van der Waals surface area contributed by atoms with Gasteiger partial charge >= 0.3 is 0 Å². The highest BCUT2D eigenvalue weighted by molar-refractivity contribution is 9.10. The zero-order valence-electron chi connectivity index (χ0n) is 9.67. The fourth-order valence-corrected chi connectivity index (χ4v) is 1.50. The Labute approximate surface area is 119 Å². The molecule has 18 heavy (non-hydrogen) atoms. The van der Waals surface area contributed by atoms with Crippen molar-refractivity contribution in [2.24, 2.45) is 5.73 Å². The summed E-state index contributed by atoms with van der Waals surface area (Å²) in [7, 11) is 0. The van der Waals surface area contributed by atoms with Crippen molar-refractivity contribution in [1.82, 2.24) is 5.32 Å². The summed E-state index contributed by atoms with van der Waals surface area (Å²) in [6.07, 6.45) is 0. The average Bonchev–Trinajstić information content (AvgIpc) is 2.30. The van der Waals surface area contributed by atoms with E-state index in [-0.39, 0.29) is 12.4 Å². The molecule has 0 radical (unpaired) electrons. The lowest BCUT2D eigenvalue weighted by molar-refractivity contribution is 0.0118. The van der Waals surface area contributed by atoms with Crippen LogP contribution >= 0.6 is 28.3 Å². The molecule has 0 heterocycles. The van der Waals surface area contributed by atoms with Crippen LogP contribution < -0.4 is 11.1 Å². The molecular weight excluding hydrogens is 329 g/mol. The molecule has 0 fully saturated rings. The fraction of sp³-hybridized carbons (Fsp3) is 0.364. The van der Waals surface area contributed by atoms with E-state index in [1.807, 2.05) is 6.92 Å². The largest absolute Gasteiger partial charge is 0.346 e. The zero-order valence-corrected chi connectivity index (χ0v) is 12.1. The summed E-state index contributed by atoms with van der Waals surface area (Å²) in [5.74, 6) is -3.61. The summed E-state index contributed by atoms with van der Waals surface area (Å²) in [5, 5.41) is 2.15. The van der Waals surface area contributed by atoms with Crippen molar-refractivity contribution >= 4 is 34.2 Å². The lowest BCUT2D eigenvalue weighted by Gasteiger charge is -2.14. The molecule has 0 aliphatic rings. The van der Waals surface area contributed by atoms with Crippen molar-refractivity contribution in [3.63, 3.8) is 0 Å². The molecule has 0 spiro atoms. The van der Waals surface area contributed by atoms with Crippen LogP contribution in [0.1, 0.15) is 15.9 Å². The smallest absolute Gasteiger partial charge is 0.277 e. The van der Waals surface area contributed by atoms with Crippen LogP contribution in [0.3, 0.4) is 0 Å². The van der Waals surface area contributed by atoms with Gasteiger partial charge in [0.15, 0.2) is 0 Å². The molecule has 1 aromatic carbocycles. The van der Waals surface area contributed by atoms with Gasteiger partial charge in [-0.25, -0.2) is 8.78 Å². The maximum absolute atomic E-state index is 12.8.